The van der Waals surface area contributed by atoms with Gasteiger partial charge in [-0.05, 0) is 60.9 Å². The van der Waals surface area contributed by atoms with Gasteiger partial charge >= 0.3 is 5.97 Å². The maximum atomic E-state index is 12.9. The first-order chi connectivity index (χ1) is 14.3. The zero-order valence-corrected chi connectivity index (χ0v) is 17.9. The number of carboxylic acid groups (broad SMARTS) is 1. The van der Waals surface area contributed by atoms with Crippen LogP contribution in [0.25, 0.3) is 0 Å². The number of aryl methyl sites for hydroxylation is 2. The van der Waals surface area contributed by atoms with Crippen molar-refractivity contribution in [1.82, 2.24) is 9.78 Å². The summed E-state index contributed by atoms with van der Waals surface area (Å²) in [7, 11) is 0. The average molecular weight is 467 g/mol. The lowest BCUT2D eigenvalue weighted by atomic mass is 10.0. The first kappa shape index (κ1) is 19.9. The zero-order valence-electron chi connectivity index (χ0n) is 16.3. The summed E-state index contributed by atoms with van der Waals surface area (Å²) < 4.78 is 2.53. The Morgan fingerprint density at radius 3 is 2.53 bits per heavy atom. The molecule has 7 nitrogen and oxygen atoms in total. The molecule has 2 aromatic carbocycles. The van der Waals surface area contributed by atoms with Crippen molar-refractivity contribution in [1.29, 1.82) is 0 Å². The van der Waals surface area contributed by atoms with Crippen LogP contribution in [0, 0.1) is 13.8 Å². The van der Waals surface area contributed by atoms with Crippen LogP contribution in [0.4, 0.5) is 11.5 Å². The molecule has 152 valence electrons. The summed E-state index contributed by atoms with van der Waals surface area (Å²) >= 11 is 3.40. The quantitative estimate of drug-likeness (QED) is 0.525. The molecular formula is C22H19BrN4O3. The molecule has 0 bridgehead atoms. The van der Waals surface area contributed by atoms with Crippen LogP contribution in [0.1, 0.15) is 33.1 Å². The molecule has 0 saturated carbocycles. The van der Waals surface area contributed by atoms with Crippen molar-refractivity contribution in [3.63, 3.8) is 0 Å². The number of amides is 1. The fourth-order valence-corrected chi connectivity index (χ4v) is 3.57. The van der Waals surface area contributed by atoms with E-state index in [0.717, 1.165) is 21.2 Å². The van der Waals surface area contributed by atoms with Gasteiger partial charge in [0.15, 0.2) is 0 Å². The molecule has 0 fully saturated rings. The van der Waals surface area contributed by atoms with E-state index in [9.17, 15) is 14.7 Å². The molecule has 1 aromatic heterocycles. The number of halogens is 1. The number of nitrogens with one attached hydrogen (secondary N) is 2. The van der Waals surface area contributed by atoms with Gasteiger partial charge in [-0.25, -0.2) is 9.48 Å². The van der Waals surface area contributed by atoms with E-state index in [2.05, 4.69) is 31.7 Å². The van der Waals surface area contributed by atoms with Gasteiger partial charge in [0, 0.05) is 10.2 Å². The van der Waals surface area contributed by atoms with Crippen molar-refractivity contribution in [2.75, 3.05) is 10.6 Å². The zero-order chi connectivity index (χ0) is 21.4. The second-order valence-corrected chi connectivity index (χ2v) is 8.03. The fourth-order valence-electron chi connectivity index (χ4n) is 3.30. The van der Waals surface area contributed by atoms with Gasteiger partial charge in [0.1, 0.15) is 17.1 Å². The van der Waals surface area contributed by atoms with Gasteiger partial charge in [0.05, 0.1) is 12.2 Å². The van der Waals surface area contributed by atoms with E-state index in [-0.39, 0.29) is 17.2 Å². The Balaban J connectivity index is 1.70. The van der Waals surface area contributed by atoms with Crippen LogP contribution in [0.5, 0.6) is 0 Å². The highest BCUT2D eigenvalue weighted by Crippen LogP contribution is 2.33. The summed E-state index contributed by atoms with van der Waals surface area (Å²) in [5.74, 6) is -1.14. The van der Waals surface area contributed by atoms with E-state index in [1.54, 1.807) is 10.8 Å². The number of aliphatic carboxylic acids is 1. The molecule has 1 unspecified atom stereocenters. The maximum absolute atomic E-state index is 12.9. The summed E-state index contributed by atoms with van der Waals surface area (Å²) in [4.78, 5) is 24.6. The highest BCUT2D eigenvalue weighted by Gasteiger charge is 2.29. The molecule has 0 radical (unpaired) electrons. The molecule has 4 rings (SSSR count). The topological polar surface area (TPSA) is 96.3 Å². The van der Waals surface area contributed by atoms with E-state index in [1.165, 1.54) is 6.20 Å². The maximum Gasteiger partial charge on any atom is 0.352 e. The van der Waals surface area contributed by atoms with Crippen molar-refractivity contribution in [2.45, 2.75) is 19.9 Å². The second kappa shape index (κ2) is 7.79. The normalized spacial score (nSPS) is 15.0. The SMILES string of the molecule is Cc1ccc(NC(=O)c2cnn3c2NC(C(=O)O)=CC3c2ccc(Br)cc2)cc1C. The van der Waals surface area contributed by atoms with E-state index >= 15 is 0 Å². The minimum absolute atomic E-state index is 0.00357. The van der Waals surface area contributed by atoms with E-state index in [4.69, 9.17) is 0 Å². The van der Waals surface area contributed by atoms with E-state index in [1.807, 2.05) is 56.3 Å². The van der Waals surface area contributed by atoms with Crippen LogP contribution in [0.15, 0.2) is 64.9 Å². The first-order valence-corrected chi connectivity index (χ1v) is 10.1. The molecule has 3 aromatic rings. The van der Waals surface area contributed by atoms with Crippen LogP contribution in [0.2, 0.25) is 0 Å². The molecule has 0 aliphatic carbocycles. The molecule has 2 heterocycles. The van der Waals surface area contributed by atoms with Crippen LogP contribution in [-0.2, 0) is 4.79 Å². The van der Waals surface area contributed by atoms with Gasteiger partial charge in [-0.1, -0.05) is 34.1 Å². The van der Waals surface area contributed by atoms with Gasteiger partial charge in [-0.15, -0.1) is 0 Å². The Morgan fingerprint density at radius 2 is 1.87 bits per heavy atom. The van der Waals surface area contributed by atoms with E-state index in [0.29, 0.717) is 11.5 Å². The van der Waals surface area contributed by atoms with Crippen molar-refractivity contribution < 1.29 is 14.7 Å². The standard InChI is InChI=1S/C22H19BrN4O3/c1-12-3-8-16(9-13(12)2)25-21(28)17-11-24-27-19(14-4-6-15(23)7-5-14)10-18(22(29)30)26-20(17)27/h3-11,19,26H,1-2H3,(H,25,28)(H,29,30). The fraction of sp³-hybridized carbons (Fsp3) is 0.136. The predicted molar refractivity (Wildman–Crippen MR) is 118 cm³/mol. The lowest BCUT2D eigenvalue weighted by Crippen LogP contribution is -2.25. The van der Waals surface area contributed by atoms with Crippen molar-refractivity contribution in [2.24, 2.45) is 0 Å². The van der Waals surface area contributed by atoms with Crippen molar-refractivity contribution in [3.8, 4) is 0 Å². The Bertz CT molecular complexity index is 1180. The van der Waals surface area contributed by atoms with Crippen LogP contribution in [0.3, 0.4) is 0 Å². The molecule has 0 spiro atoms. The third-order valence-electron chi connectivity index (χ3n) is 5.09. The van der Waals surface area contributed by atoms with Crippen LogP contribution >= 0.6 is 15.9 Å². The van der Waals surface area contributed by atoms with Gasteiger partial charge < -0.3 is 15.7 Å². The molecule has 0 saturated heterocycles. The number of allylic oxidation sites excluding steroid dienone is 1. The molecule has 1 aliphatic rings. The highest BCUT2D eigenvalue weighted by atomic mass is 79.9. The number of carbonyl (C=O) groups is 2. The Labute approximate surface area is 181 Å². The lowest BCUT2D eigenvalue weighted by molar-refractivity contribution is -0.132. The number of carbonyl (C=O) groups excluding carboxylic acids is 1. The van der Waals surface area contributed by atoms with Crippen molar-refractivity contribution >= 4 is 39.3 Å². The smallest absolute Gasteiger partial charge is 0.352 e. The summed E-state index contributed by atoms with van der Waals surface area (Å²) in [6.45, 7) is 3.97. The van der Waals surface area contributed by atoms with Crippen LogP contribution < -0.4 is 10.6 Å². The molecule has 8 heteroatoms. The number of fused-ring (bicyclic) bond motifs is 1. The third-order valence-corrected chi connectivity index (χ3v) is 5.62. The number of carboxylic acids is 1. The minimum Gasteiger partial charge on any atom is -0.477 e. The number of nitrogens with zero attached hydrogens (tertiary/aromatic N) is 2. The Hall–Kier alpha value is -3.39. The third kappa shape index (κ3) is 3.73. The number of hydrogen-bond acceptors (Lipinski definition) is 4. The second-order valence-electron chi connectivity index (χ2n) is 7.11. The summed E-state index contributed by atoms with van der Waals surface area (Å²) in [6.07, 6.45) is 3.03. The lowest BCUT2D eigenvalue weighted by Gasteiger charge is -2.24. The molecular weight excluding hydrogens is 448 g/mol. The van der Waals surface area contributed by atoms with Crippen molar-refractivity contribution in [3.05, 3.63) is 87.2 Å². The largest absolute Gasteiger partial charge is 0.477 e. The van der Waals surface area contributed by atoms with Gasteiger partial charge in [0.25, 0.3) is 5.91 Å². The summed E-state index contributed by atoms with van der Waals surface area (Å²) in [5, 5.41) is 19.6. The van der Waals surface area contributed by atoms with Gasteiger partial charge in [-0.2, -0.15) is 5.10 Å². The number of aromatic nitrogens is 2. The highest BCUT2D eigenvalue weighted by molar-refractivity contribution is 9.10. The molecule has 1 amide bonds. The first-order valence-electron chi connectivity index (χ1n) is 9.27. The average Bonchev–Trinajstić information content (AvgIpc) is 3.15. The van der Waals surface area contributed by atoms with E-state index < -0.39 is 12.0 Å². The molecule has 1 atom stereocenters. The van der Waals surface area contributed by atoms with Gasteiger partial charge in [0.2, 0.25) is 0 Å². The monoisotopic (exact) mass is 466 g/mol. The number of hydrogen-bond donors (Lipinski definition) is 3. The number of rotatable bonds is 4. The minimum atomic E-state index is -1.11. The molecule has 3 N–H and O–H groups in total. The molecule has 1 aliphatic heterocycles. The summed E-state index contributed by atoms with van der Waals surface area (Å²) in [6, 6.07) is 12.7. The number of benzene rings is 2. The summed E-state index contributed by atoms with van der Waals surface area (Å²) in [5.41, 5.74) is 3.97. The Kier molecular flexibility index (Phi) is 5.17. The molecule has 30 heavy (non-hydrogen) atoms. The number of anilines is 2. The van der Waals surface area contributed by atoms with Crippen LogP contribution in [-0.4, -0.2) is 26.8 Å². The van der Waals surface area contributed by atoms with Gasteiger partial charge in [-0.3, -0.25) is 4.79 Å². The Morgan fingerprint density at radius 1 is 1.13 bits per heavy atom. The predicted octanol–water partition coefficient (Wildman–Crippen LogP) is 4.50.